The van der Waals surface area contributed by atoms with Crippen molar-refractivity contribution in [3.63, 3.8) is 0 Å². The summed E-state index contributed by atoms with van der Waals surface area (Å²) in [6.07, 6.45) is 0. The van der Waals surface area contributed by atoms with Gasteiger partial charge in [0, 0.05) is 24.8 Å². The number of rotatable bonds is 0. The molecule has 14 heavy (non-hydrogen) atoms. The van der Waals surface area contributed by atoms with E-state index in [1.54, 1.807) is 0 Å². The average molecular weight is 229 g/mol. The van der Waals surface area contributed by atoms with Crippen molar-refractivity contribution in [2.75, 3.05) is 12.8 Å². The van der Waals surface area contributed by atoms with E-state index in [4.69, 9.17) is 28.9 Å². The fourth-order valence-corrected chi connectivity index (χ4v) is 2.05. The number of hydrogen-bond donors (Lipinski definition) is 1. The monoisotopic (exact) mass is 228 g/mol. The van der Waals surface area contributed by atoms with E-state index < -0.39 is 0 Å². The maximum absolute atomic E-state index is 6.11. The molecule has 0 amide bonds. The van der Waals surface area contributed by atoms with Crippen LogP contribution in [0.2, 0.25) is 0 Å². The zero-order valence-electron chi connectivity index (χ0n) is 7.72. The van der Waals surface area contributed by atoms with Gasteiger partial charge >= 0.3 is 0 Å². The smallest absolute Gasteiger partial charge is 0.124 e. The van der Waals surface area contributed by atoms with Crippen molar-refractivity contribution in [3.05, 3.63) is 34.5 Å². The van der Waals surface area contributed by atoms with Crippen molar-refractivity contribution in [1.29, 1.82) is 0 Å². The molecule has 1 aromatic carbocycles. The van der Waals surface area contributed by atoms with Gasteiger partial charge in [-0.25, -0.2) is 0 Å². The maximum atomic E-state index is 6.11. The second-order valence-corrected chi connectivity index (χ2v) is 4.11. The van der Waals surface area contributed by atoms with Gasteiger partial charge in [0.25, 0.3) is 0 Å². The first kappa shape index (κ1) is 9.69. The van der Waals surface area contributed by atoms with Gasteiger partial charge in [0.1, 0.15) is 5.16 Å². The lowest BCUT2D eigenvalue weighted by Gasteiger charge is -2.26. The van der Waals surface area contributed by atoms with E-state index in [-0.39, 0.29) is 0 Å². The van der Waals surface area contributed by atoms with Gasteiger partial charge in [0.05, 0.1) is 5.03 Å². The molecule has 4 heteroatoms. The van der Waals surface area contributed by atoms with Gasteiger partial charge in [-0.2, -0.15) is 0 Å². The first-order valence-corrected chi connectivity index (χ1v) is 5.00. The summed E-state index contributed by atoms with van der Waals surface area (Å²) < 4.78 is 0. The van der Waals surface area contributed by atoms with Crippen molar-refractivity contribution >= 4 is 33.9 Å². The van der Waals surface area contributed by atoms with Crippen molar-refractivity contribution in [3.8, 4) is 0 Å². The van der Waals surface area contributed by atoms with E-state index in [2.05, 4.69) is 0 Å². The molecule has 0 aliphatic carbocycles. The molecule has 0 spiro atoms. The van der Waals surface area contributed by atoms with Crippen LogP contribution in [0.5, 0.6) is 0 Å². The van der Waals surface area contributed by atoms with Crippen LogP contribution < -0.4 is 5.73 Å². The molecule has 0 saturated heterocycles. The molecule has 2 N–H and O–H groups in total. The van der Waals surface area contributed by atoms with Crippen molar-refractivity contribution in [1.82, 2.24) is 4.90 Å². The number of fused-ring (bicyclic) bond motifs is 1. The Hall–Kier alpha value is -0.860. The Morgan fingerprint density at radius 1 is 1.36 bits per heavy atom. The molecule has 0 radical (unpaired) electrons. The summed E-state index contributed by atoms with van der Waals surface area (Å²) in [5.41, 5.74) is 8.54. The van der Waals surface area contributed by atoms with E-state index in [0.29, 0.717) is 10.2 Å². The van der Waals surface area contributed by atoms with Gasteiger partial charge in [-0.05, 0) is 17.7 Å². The highest BCUT2D eigenvalue weighted by atomic mass is 35.5. The Bertz CT molecular complexity index is 413. The third kappa shape index (κ3) is 1.45. The highest BCUT2D eigenvalue weighted by Crippen LogP contribution is 2.35. The minimum absolute atomic E-state index is 0.587. The Morgan fingerprint density at radius 3 is 2.79 bits per heavy atom. The zero-order chi connectivity index (χ0) is 10.3. The minimum atomic E-state index is 0.587. The largest absolute Gasteiger partial charge is 0.399 e. The normalized spacial score (nSPS) is 15.8. The topological polar surface area (TPSA) is 29.3 Å². The second kappa shape index (κ2) is 3.37. The van der Waals surface area contributed by atoms with Crippen molar-refractivity contribution in [2.45, 2.75) is 6.54 Å². The Kier molecular flexibility index (Phi) is 2.33. The third-order valence-electron chi connectivity index (χ3n) is 2.29. The molecule has 0 unspecified atom stereocenters. The fraction of sp³-hybridized carbons (Fsp3) is 0.200. The molecule has 0 aromatic heterocycles. The maximum Gasteiger partial charge on any atom is 0.124 e. The highest BCUT2D eigenvalue weighted by Gasteiger charge is 2.19. The molecule has 1 aliphatic rings. The second-order valence-electron chi connectivity index (χ2n) is 3.38. The summed E-state index contributed by atoms with van der Waals surface area (Å²) >= 11 is 12.1. The lowest BCUT2D eigenvalue weighted by atomic mass is 10.0. The molecule has 0 saturated carbocycles. The van der Waals surface area contributed by atoms with Crippen LogP contribution in [-0.4, -0.2) is 11.9 Å². The summed E-state index contributed by atoms with van der Waals surface area (Å²) in [4.78, 5) is 1.89. The predicted octanol–water partition coefficient (Wildman–Crippen LogP) is 2.82. The van der Waals surface area contributed by atoms with Crippen molar-refractivity contribution in [2.24, 2.45) is 0 Å². The van der Waals surface area contributed by atoms with Gasteiger partial charge in [-0.3, -0.25) is 0 Å². The summed E-state index contributed by atoms with van der Waals surface area (Å²) in [6, 6.07) is 5.66. The fourth-order valence-electron chi connectivity index (χ4n) is 1.56. The van der Waals surface area contributed by atoms with Crippen LogP contribution in [0.25, 0.3) is 5.03 Å². The molecule has 1 aromatic rings. The van der Waals surface area contributed by atoms with Crippen LogP contribution in [0.15, 0.2) is 23.4 Å². The van der Waals surface area contributed by atoms with E-state index in [1.807, 2.05) is 30.1 Å². The first-order valence-electron chi connectivity index (χ1n) is 4.25. The standard InChI is InChI=1S/C10H10Cl2N2/c1-14-5-6-4-7(13)2-3-8(6)9(11)10(14)12/h2-4H,5,13H2,1H3. The summed E-state index contributed by atoms with van der Waals surface area (Å²) in [5.74, 6) is 0. The minimum Gasteiger partial charge on any atom is -0.399 e. The van der Waals surface area contributed by atoms with Crippen LogP contribution in [0.4, 0.5) is 5.69 Å². The van der Waals surface area contributed by atoms with Crippen LogP contribution in [-0.2, 0) is 6.54 Å². The Morgan fingerprint density at radius 2 is 2.07 bits per heavy atom. The first-order chi connectivity index (χ1) is 6.59. The average Bonchev–Trinajstić information content (AvgIpc) is 2.14. The highest BCUT2D eigenvalue weighted by molar-refractivity contribution is 6.54. The van der Waals surface area contributed by atoms with Crippen LogP contribution >= 0.6 is 23.2 Å². The lowest BCUT2D eigenvalue weighted by Crippen LogP contribution is -2.20. The number of nitrogens with two attached hydrogens (primary N) is 1. The Balaban J connectivity index is 2.59. The number of benzene rings is 1. The van der Waals surface area contributed by atoms with E-state index >= 15 is 0 Å². The zero-order valence-corrected chi connectivity index (χ0v) is 9.23. The van der Waals surface area contributed by atoms with E-state index in [9.17, 15) is 0 Å². The summed E-state index contributed by atoms with van der Waals surface area (Å²) in [5, 5.41) is 1.18. The molecule has 0 fully saturated rings. The molecular formula is C10H10Cl2N2. The van der Waals surface area contributed by atoms with E-state index in [0.717, 1.165) is 23.4 Å². The molecule has 2 rings (SSSR count). The molecule has 1 aliphatic heterocycles. The van der Waals surface area contributed by atoms with Gasteiger partial charge < -0.3 is 10.6 Å². The molecule has 0 bridgehead atoms. The number of nitrogens with zero attached hydrogens (tertiary/aromatic N) is 1. The molecular weight excluding hydrogens is 219 g/mol. The SMILES string of the molecule is CN1Cc2cc(N)ccc2C(Cl)=C1Cl. The van der Waals surface area contributed by atoms with Gasteiger partial charge in [0.15, 0.2) is 0 Å². The summed E-state index contributed by atoms with van der Waals surface area (Å²) in [6.45, 7) is 0.745. The Labute approximate surface area is 92.9 Å². The number of hydrogen-bond acceptors (Lipinski definition) is 2. The molecule has 74 valence electrons. The van der Waals surface area contributed by atoms with Crippen LogP contribution in [0.3, 0.4) is 0 Å². The van der Waals surface area contributed by atoms with Crippen LogP contribution in [0, 0.1) is 0 Å². The molecule has 1 heterocycles. The molecule has 0 atom stereocenters. The van der Waals surface area contributed by atoms with Gasteiger partial charge in [0.2, 0.25) is 0 Å². The lowest BCUT2D eigenvalue weighted by molar-refractivity contribution is 0.433. The van der Waals surface area contributed by atoms with Gasteiger partial charge in [-0.15, -0.1) is 0 Å². The van der Waals surface area contributed by atoms with Gasteiger partial charge in [-0.1, -0.05) is 29.3 Å². The number of halogens is 2. The molecule has 2 nitrogen and oxygen atoms in total. The number of nitrogen functional groups attached to an aromatic ring is 1. The van der Waals surface area contributed by atoms with E-state index in [1.165, 1.54) is 0 Å². The van der Waals surface area contributed by atoms with Crippen LogP contribution in [0.1, 0.15) is 11.1 Å². The number of anilines is 1. The summed E-state index contributed by atoms with van der Waals surface area (Å²) in [7, 11) is 1.90. The predicted molar refractivity (Wildman–Crippen MR) is 60.9 cm³/mol. The third-order valence-corrected chi connectivity index (χ3v) is 3.25. The van der Waals surface area contributed by atoms with Crippen molar-refractivity contribution < 1.29 is 0 Å². The quantitative estimate of drug-likeness (QED) is 0.547.